The number of hydrogen-bond donors (Lipinski definition) is 1. The van der Waals surface area contributed by atoms with Crippen LogP contribution in [0.1, 0.15) is 11.1 Å². The normalized spacial score (nSPS) is 13.5. The molecule has 0 saturated heterocycles. The molecule has 0 aliphatic heterocycles. The number of benzene rings is 2. The Balaban J connectivity index is 2.48. The molecular formula is C17H15F6NO3S. The quantitative estimate of drug-likeness (QED) is 0.747. The van der Waals surface area contributed by atoms with Crippen LogP contribution >= 0.6 is 0 Å². The van der Waals surface area contributed by atoms with Crippen molar-refractivity contribution < 1.29 is 39.9 Å². The molecule has 4 nitrogen and oxygen atoms in total. The lowest BCUT2D eigenvalue weighted by Crippen LogP contribution is -2.53. The zero-order valence-electron chi connectivity index (χ0n) is 14.5. The summed E-state index contributed by atoms with van der Waals surface area (Å²) >= 11 is 0. The predicted molar refractivity (Wildman–Crippen MR) is 89.2 cm³/mol. The van der Waals surface area contributed by atoms with Gasteiger partial charge in [-0.05, 0) is 30.7 Å². The third kappa shape index (κ3) is 3.55. The minimum absolute atomic E-state index is 0.0661. The molecule has 0 fully saturated rings. The number of anilines is 1. The highest BCUT2D eigenvalue weighted by atomic mass is 32.2. The van der Waals surface area contributed by atoms with Gasteiger partial charge in [0.05, 0.1) is 10.6 Å². The molecule has 0 radical (unpaired) electrons. The summed E-state index contributed by atoms with van der Waals surface area (Å²) < 4.78 is 104. The van der Waals surface area contributed by atoms with Crippen LogP contribution in [0.5, 0.6) is 0 Å². The summed E-state index contributed by atoms with van der Waals surface area (Å²) in [5, 5.41) is 9.38. The van der Waals surface area contributed by atoms with Crippen molar-refractivity contribution in [3.8, 4) is 0 Å². The van der Waals surface area contributed by atoms with Gasteiger partial charge in [0.1, 0.15) is 0 Å². The number of aryl methyl sites for hydroxylation is 1. The van der Waals surface area contributed by atoms with Crippen molar-refractivity contribution in [1.82, 2.24) is 0 Å². The number of halogens is 6. The molecule has 1 N–H and O–H groups in total. The SMILES string of the molecule is Cc1ccccc1S(=O)(=O)N(C)c1ccc(C(O)(C(F)(F)F)C(F)(F)F)cc1. The third-order valence-electron chi connectivity index (χ3n) is 4.20. The number of hydrogen-bond acceptors (Lipinski definition) is 3. The maximum Gasteiger partial charge on any atom is 0.430 e. The fraction of sp³-hybridized carbons (Fsp3) is 0.294. The second kappa shape index (κ2) is 6.96. The highest BCUT2D eigenvalue weighted by molar-refractivity contribution is 7.92. The van der Waals surface area contributed by atoms with Gasteiger partial charge in [-0.1, -0.05) is 30.3 Å². The van der Waals surface area contributed by atoms with E-state index in [0.717, 1.165) is 23.5 Å². The topological polar surface area (TPSA) is 57.6 Å². The van der Waals surface area contributed by atoms with E-state index in [2.05, 4.69) is 0 Å². The summed E-state index contributed by atoms with van der Waals surface area (Å²) in [6.45, 7) is 1.54. The van der Waals surface area contributed by atoms with E-state index in [1.165, 1.54) is 25.1 Å². The molecule has 154 valence electrons. The predicted octanol–water partition coefficient (Wildman–Crippen LogP) is 4.13. The van der Waals surface area contributed by atoms with Crippen molar-refractivity contribution in [2.24, 2.45) is 0 Å². The van der Waals surface area contributed by atoms with Crippen LogP contribution < -0.4 is 4.31 Å². The lowest BCUT2D eigenvalue weighted by atomic mass is 9.92. The van der Waals surface area contributed by atoms with Crippen LogP contribution in [0.4, 0.5) is 32.0 Å². The van der Waals surface area contributed by atoms with Crippen LogP contribution in [0.3, 0.4) is 0 Å². The number of sulfonamides is 1. The van der Waals surface area contributed by atoms with Crippen molar-refractivity contribution in [1.29, 1.82) is 0 Å². The fourth-order valence-corrected chi connectivity index (χ4v) is 3.95. The number of nitrogens with zero attached hydrogens (tertiary/aromatic N) is 1. The molecule has 2 rings (SSSR count). The summed E-state index contributed by atoms with van der Waals surface area (Å²) in [5.74, 6) is 0. The Morgan fingerprint density at radius 2 is 1.32 bits per heavy atom. The Bertz CT molecular complexity index is 938. The van der Waals surface area contributed by atoms with Gasteiger partial charge in [-0.25, -0.2) is 8.42 Å². The van der Waals surface area contributed by atoms with E-state index in [0.29, 0.717) is 17.7 Å². The maximum atomic E-state index is 12.9. The molecule has 0 aromatic heterocycles. The van der Waals surface area contributed by atoms with Gasteiger partial charge in [0.15, 0.2) is 0 Å². The average Bonchev–Trinajstić information content (AvgIpc) is 2.58. The molecule has 0 amide bonds. The molecule has 2 aromatic rings. The van der Waals surface area contributed by atoms with E-state index in [9.17, 15) is 39.9 Å². The van der Waals surface area contributed by atoms with Gasteiger partial charge < -0.3 is 5.11 Å². The largest absolute Gasteiger partial charge is 0.430 e. The zero-order chi connectivity index (χ0) is 21.5. The van der Waals surface area contributed by atoms with Gasteiger partial charge in [0, 0.05) is 12.6 Å². The van der Waals surface area contributed by atoms with Gasteiger partial charge in [0.2, 0.25) is 0 Å². The molecule has 2 aromatic carbocycles. The second-order valence-corrected chi connectivity index (χ2v) is 7.93. The molecule has 0 bridgehead atoms. The first-order chi connectivity index (χ1) is 12.6. The molecule has 0 unspecified atom stereocenters. The third-order valence-corrected chi connectivity index (χ3v) is 6.15. The zero-order valence-corrected chi connectivity index (χ0v) is 15.3. The maximum absolute atomic E-state index is 12.9. The Morgan fingerprint density at radius 1 is 0.857 bits per heavy atom. The second-order valence-electron chi connectivity index (χ2n) is 5.99. The molecule has 0 heterocycles. The Labute approximate surface area is 157 Å². The van der Waals surface area contributed by atoms with E-state index in [4.69, 9.17) is 0 Å². The van der Waals surface area contributed by atoms with E-state index >= 15 is 0 Å². The van der Waals surface area contributed by atoms with Gasteiger partial charge in [-0.2, -0.15) is 26.3 Å². The molecule has 0 saturated carbocycles. The van der Waals surface area contributed by atoms with E-state index < -0.39 is 33.5 Å². The van der Waals surface area contributed by atoms with Crippen LogP contribution in [-0.2, 0) is 15.6 Å². The summed E-state index contributed by atoms with van der Waals surface area (Å²) in [7, 11) is -2.99. The molecule has 28 heavy (non-hydrogen) atoms. The smallest absolute Gasteiger partial charge is 0.369 e. The highest BCUT2D eigenvalue weighted by Gasteiger charge is 2.71. The molecular weight excluding hydrogens is 412 g/mol. The molecule has 11 heteroatoms. The van der Waals surface area contributed by atoms with Gasteiger partial charge >= 0.3 is 12.4 Å². The molecule has 0 aliphatic rings. The van der Waals surface area contributed by atoms with Crippen molar-refractivity contribution in [3.63, 3.8) is 0 Å². The Morgan fingerprint density at radius 3 is 1.75 bits per heavy atom. The first kappa shape index (κ1) is 22.0. The fourth-order valence-electron chi connectivity index (χ4n) is 2.53. The number of alkyl halides is 6. The molecule has 0 atom stereocenters. The van der Waals surface area contributed by atoms with E-state index in [-0.39, 0.29) is 10.6 Å². The van der Waals surface area contributed by atoms with Gasteiger partial charge in [-0.3, -0.25) is 4.31 Å². The molecule has 0 spiro atoms. The van der Waals surface area contributed by atoms with Crippen molar-refractivity contribution >= 4 is 15.7 Å². The standard InChI is InChI=1S/C17H15F6NO3S/c1-11-5-3-4-6-14(11)28(26,27)24(2)13-9-7-12(8-10-13)15(25,16(18,19)20)17(21,22)23/h3-10,25H,1-2H3. The van der Waals surface area contributed by atoms with Crippen LogP contribution in [0, 0.1) is 6.92 Å². The van der Waals surface area contributed by atoms with Crippen molar-refractivity contribution in [2.45, 2.75) is 29.8 Å². The lowest BCUT2D eigenvalue weighted by Gasteiger charge is -2.33. The number of rotatable bonds is 4. The van der Waals surface area contributed by atoms with Crippen molar-refractivity contribution in [2.75, 3.05) is 11.4 Å². The Kier molecular flexibility index (Phi) is 5.47. The summed E-state index contributed by atoms with van der Waals surface area (Å²) in [6, 6.07) is 8.24. The number of aliphatic hydroxyl groups is 1. The summed E-state index contributed by atoms with van der Waals surface area (Å²) in [4.78, 5) is -0.0661. The first-order valence-electron chi connectivity index (χ1n) is 7.65. The monoisotopic (exact) mass is 427 g/mol. The summed E-state index contributed by atoms with van der Waals surface area (Å²) in [5.41, 5.74) is -6.32. The Hall–Kier alpha value is -2.27. The molecule has 0 aliphatic carbocycles. The van der Waals surface area contributed by atoms with E-state index in [1.54, 1.807) is 6.07 Å². The van der Waals surface area contributed by atoms with Crippen LogP contribution in [-0.4, -0.2) is 32.9 Å². The first-order valence-corrected chi connectivity index (χ1v) is 9.09. The summed E-state index contributed by atoms with van der Waals surface area (Å²) in [6.07, 6.45) is -12.0. The van der Waals surface area contributed by atoms with Gasteiger partial charge in [0.25, 0.3) is 15.6 Å². The highest BCUT2D eigenvalue weighted by Crippen LogP contribution is 2.50. The minimum Gasteiger partial charge on any atom is -0.369 e. The van der Waals surface area contributed by atoms with E-state index in [1.807, 2.05) is 0 Å². The lowest BCUT2D eigenvalue weighted by molar-refractivity contribution is -0.376. The average molecular weight is 427 g/mol. The van der Waals surface area contributed by atoms with Crippen LogP contribution in [0.2, 0.25) is 0 Å². The van der Waals surface area contributed by atoms with Crippen LogP contribution in [0.15, 0.2) is 53.4 Å². The minimum atomic E-state index is -6.02. The van der Waals surface area contributed by atoms with Crippen LogP contribution in [0.25, 0.3) is 0 Å². The van der Waals surface area contributed by atoms with Crippen molar-refractivity contribution in [3.05, 3.63) is 59.7 Å². The van der Waals surface area contributed by atoms with Gasteiger partial charge in [-0.15, -0.1) is 0 Å².